The minimum absolute atomic E-state index is 0.119. The minimum atomic E-state index is -1.63. The maximum Gasteiger partial charge on any atom is 0.249 e. The second-order valence-electron chi connectivity index (χ2n) is 2.65. The van der Waals surface area contributed by atoms with Crippen molar-refractivity contribution in [1.82, 2.24) is 0 Å². The molecule has 3 nitrogen and oxygen atoms in total. The van der Waals surface area contributed by atoms with Gasteiger partial charge in [0.2, 0.25) is 12.3 Å². The first-order chi connectivity index (χ1) is 6.56. The first kappa shape index (κ1) is 11.1. The molecule has 0 bridgehead atoms. The lowest BCUT2D eigenvalue weighted by Crippen LogP contribution is -2.15. The Morgan fingerprint density at radius 3 is 2.79 bits per heavy atom. The zero-order valence-corrected chi connectivity index (χ0v) is 9.05. The normalized spacial score (nSPS) is 12.5. The van der Waals surface area contributed by atoms with Crippen molar-refractivity contribution < 1.29 is 13.9 Å². The van der Waals surface area contributed by atoms with E-state index in [1.54, 1.807) is 6.07 Å². The lowest BCUT2D eigenvalue weighted by Gasteiger charge is -2.10. The fourth-order valence-corrected chi connectivity index (χ4v) is 1.43. The van der Waals surface area contributed by atoms with Gasteiger partial charge in [-0.25, -0.2) is 4.39 Å². The molecule has 1 unspecified atom stereocenters. The third-order valence-corrected chi connectivity index (χ3v) is 2.23. The van der Waals surface area contributed by atoms with E-state index in [1.807, 2.05) is 0 Å². The first-order valence-corrected chi connectivity index (χ1v) is 4.61. The van der Waals surface area contributed by atoms with Gasteiger partial charge in [0, 0.05) is 22.7 Å². The Kier molecular flexibility index (Phi) is 3.60. The minimum Gasteiger partial charge on any atom is -0.366 e. The van der Waals surface area contributed by atoms with Crippen LogP contribution in [0.15, 0.2) is 22.7 Å². The Hall–Kier alpha value is -0.940. The zero-order valence-electron chi connectivity index (χ0n) is 7.46. The summed E-state index contributed by atoms with van der Waals surface area (Å²) in [6.45, 7) is 0. The van der Waals surface area contributed by atoms with Crippen LogP contribution in [0.4, 0.5) is 4.39 Å². The van der Waals surface area contributed by atoms with E-state index >= 15 is 0 Å². The van der Waals surface area contributed by atoms with Gasteiger partial charge in [0.25, 0.3) is 0 Å². The Morgan fingerprint density at radius 1 is 1.64 bits per heavy atom. The van der Waals surface area contributed by atoms with Crippen molar-refractivity contribution in [2.24, 2.45) is 5.73 Å². The molecule has 5 heteroatoms. The van der Waals surface area contributed by atoms with Gasteiger partial charge in [-0.3, -0.25) is 4.79 Å². The maximum atomic E-state index is 13.2. The number of methoxy groups -OCH3 is 1. The van der Waals surface area contributed by atoms with Crippen LogP contribution in [0, 0.1) is 0 Å². The van der Waals surface area contributed by atoms with Gasteiger partial charge in [0.1, 0.15) is 0 Å². The molecule has 14 heavy (non-hydrogen) atoms. The topological polar surface area (TPSA) is 52.3 Å². The van der Waals surface area contributed by atoms with Crippen molar-refractivity contribution in [2.45, 2.75) is 6.36 Å². The van der Waals surface area contributed by atoms with Crippen LogP contribution in [0.1, 0.15) is 22.3 Å². The van der Waals surface area contributed by atoms with E-state index in [2.05, 4.69) is 20.7 Å². The average molecular weight is 262 g/mol. The molecule has 1 atom stereocenters. The smallest absolute Gasteiger partial charge is 0.249 e. The van der Waals surface area contributed by atoms with Gasteiger partial charge in [0.15, 0.2) is 0 Å². The molecule has 0 saturated heterocycles. The van der Waals surface area contributed by atoms with Crippen LogP contribution in [0.3, 0.4) is 0 Å². The molecular formula is C9H9BrFNO2. The van der Waals surface area contributed by atoms with Crippen molar-refractivity contribution in [3.8, 4) is 0 Å². The number of alkyl halides is 1. The number of halogens is 2. The van der Waals surface area contributed by atoms with E-state index in [4.69, 9.17) is 5.73 Å². The molecule has 0 aliphatic carbocycles. The predicted molar refractivity (Wildman–Crippen MR) is 53.5 cm³/mol. The van der Waals surface area contributed by atoms with Crippen LogP contribution in [-0.4, -0.2) is 13.0 Å². The third-order valence-electron chi connectivity index (χ3n) is 1.73. The maximum absolute atomic E-state index is 13.2. The van der Waals surface area contributed by atoms with Gasteiger partial charge in [-0.15, -0.1) is 0 Å². The Balaban J connectivity index is 3.21. The molecule has 76 valence electrons. The van der Waals surface area contributed by atoms with E-state index in [-0.39, 0.29) is 11.1 Å². The quantitative estimate of drug-likeness (QED) is 0.907. The van der Waals surface area contributed by atoms with Crippen LogP contribution in [0.5, 0.6) is 0 Å². The molecule has 1 amide bonds. The molecule has 0 radical (unpaired) electrons. The molecule has 1 aromatic carbocycles. The van der Waals surface area contributed by atoms with E-state index in [0.717, 1.165) is 0 Å². The number of primary amides is 1. The van der Waals surface area contributed by atoms with Crippen LogP contribution >= 0.6 is 15.9 Å². The van der Waals surface area contributed by atoms with Crippen LogP contribution < -0.4 is 5.73 Å². The highest BCUT2D eigenvalue weighted by Crippen LogP contribution is 2.24. The largest absolute Gasteiger partial charge is 0.366 e. The van der Waals surface area contributed by atoms with Crippen LogP contribution in [0.25, 0.3) is 0 Å². The highest BCUT2D eigenvalue weighted by atomic mass is 79.9. The number of carbonyl (C=O) groups is 1. The summed E-state index contributed by atoms with van der Waals surface area (Å²) in [5.41, 5.74) is 5.36. The predicted octanol–water partition coefficient (Wildman–Crippen LogP) is 2.16. The summed E-state index contributed by atoms with van der Waals surface area (Å²) in [7, 11) is 1.22. The summed E-state index contributed by atoms with van der Waals surface area (Å²) in [5.74, 6) is -0.680. The van der Waals surface area contributed by atoms with E-state index in [9.17, 15) is 9.18 Å². The van der Waals surface area contributed by atoms with Gasteiger partial charge in [-0.2, -0.15) is 0 Å². The van der Waals surface area contributed by atoms with Crippen molar-refractivity contribution in [3.63, 3.8) is 0 Å². The Morgan fingerprint density at radius 2 is 2.29 bits per heavy atom. The van der Waals surface area contributed by atoms with Crippen molar-refractivity contribution in [1.29, 1.82) is 0 Å². The molecule has 1 rings (SSSR count). The SMILES string of the molecule is COC(F)c1ccc(Br)cc1C(N)=O. The number of nitrogens with two attached hydrogens (primary N) is 1. The molecule has 0 aromatic heterocycles. The van der Waals surface area contributed by atoms with Crippen LogP contribution in [0.2, 0.25) is 0 Å². The number of carbonyl (C=O) groups excluding carboxylic acids is 1. The zero-order chi connectivity index (χ0) is 10.7. The first-order valence-electron chi connectivity index (χ1n) is 3.82. The van der Waals surface area contributed by atoms with Gasteiger partial charge in [0.05, 0.1) is 0 Å². The Bertz CT molecular complexity index is 357. The van der Waals surface area contributed by atoms with Gasteiger partial charge in [-0.05, 0) is 12.1 Å². The molecule has 0 fully saturated rings. The molecule has 0 spiro atoms. The summed E-state index contributed by atoms with van der Waals surface area (Å²) in [5, 5.41) is 0. The van der Waals surface area contributed by atoms with Crippen molar-refractivity contribution in [3.05, 3.63) is 33.8 Å². The number of amides is 1. The van der Waals surface area contributed by atoms with Gasteiger partial charge in [-0.1, -0.05) is 22.0 Å². The molecule has 2 N–H and O–H groups in total. The van der Waals surface area contributed by atoms with Crippen LogP contribution in [-0.2, 0) is 4.74 Å². The summed E-state index contributed by atoms with van der Waals surface area (Å²) in [4.78, 5) is 11.0. The number of rotatable bonds is 3. The van der Waals surface area contributed by atoms with Gasteiger partial charge >= 0.3 is 0 Å². The monoisotopic (exact) mass is 261 g/mol. The highest BCUT2D eigenvalue weighted by molar-refractivity contribution is 9.10. The fourth-order valence-electron chi connectivity index (χ4n) is 1.07. The molecular weight excluding hydrogens is 253 g/mol. The molecule has 0 aliphatic heterocycles. The van der Waals surface area contributed by atoms with E-state index in [0.29, 0.717) is 4.47 Å². The van der Waals surface area contributed by atoms with Crippen molar-refractivity contribution in [2.75, 3.05) is 7.11 Å². The standard InChI is InChI=1S/C9H9BrFNO2/c1-14-8(11)6-3-2-5(10)4-7(6)9(12)13/h2-4,8H,1H3,(H2,12,13). The third kappa shape index (κ3) is 2.30. The summed E-state index contributed by atoms with van der Waals surface area (Å²) in [6, 6.07) is 4.54. The molecule has 0 heterocycles. The number of hydrogen-bond acceptors (Lipinski definition) is 2. The summed E-state index contributed by atoms with van der Waals surface area (Å²) < 4.78 is 18.3. The second-order valence-corrected chi connectivity index (χ2v) is 3.56. The van der Waals surface area contributed by atoms with Gasteiger partial charge < -0.3 is 10.5 Å². The number of ether oxygens (including phenoxy) is 1. The molecule has 0 saturated carbocycles. The Labute approximate surface area is 89.2 Å². The number of hydrogen-bond donors (Lipinski definition) is 1. The lowest BCUT2D eigenvalue weighted by molar-refractivity contribution is -0.00716. The second kappa shape index (κ2) is 4.52. The lowest BCUT2D eigenvalue weighted by atomic mass is 10.1. The summed E-state index contributed by atoms with van der Waals surface area (Å²) in [6.07, 6.45) is -1.63. The van der Waals surface area contributed by atoms with E-state index in [1.165, 1.54) is 19.2 Å². The average Bonchev–Trinajstić information content (AvgIpc) is 2.16. The number of benzene rings is 1. The molecule has 0 aliphatic rings. The van der Waals surface area contributed by atoms with E-state index < -0.39 is 12.3 Å². The van der Waals surface area contributed by atoms with Crippen molar-refractivity contribution >= 4 is 21.8 Å². The highest BCUT2D eigenvalue weighted by Gasteiger charge is 2.16. The summed E-state index contributed by atoms with van der Waals surface area (Å²) >= 11 is 3.16. The fraction of sp³-hybridized carbons (Fsp3) is 0.222. The molecule has 1 aromatic rings.